The van der Waals surface area contributed by atoms with Crippen molar-refractivity contribution in [2.45, 2.75) is 62.5 Å². The molecule has 1 fully saturated rings. The van der Waals surface area contributed by atoms with Crippen molar-refractivity contribution >= 4 is 23.5 Å². The molecule has 2 rings (SSSR count). The fourth-order valence-electron chi connectivity index (χ4n) is 1.91. The van der Waals surface area contributed by atoms with Gasteiger partial charge in [0.15, 0.2) is 0 Å². The Morgan fingerprint density at radius 3 is 2.40 bits per heavy atom. The number of nitrogens with zero attached hydrogens (tertiary/aromatic N) is 2. The fourth-order valence-corrected chi connectivity index (χ4v) is 4.77. The summed E-state index contributed by atoms with van der Waals surface area (Å²) in [5, 5.41) is 5.30. The molecule has 0 saturated carbocycles. The van der Waals surface area contributed by atoms with E-state index >= 15 is 0 Å². The second-order valence-corrected chi connectivity index (χ2v) is 9.42. The average Bonchev–Trinajstić information content (AvgIpc) is 2.39. The zero-order valence-corrected chi connectivity index (χ0v) is 14.6. The molecule has 1 aromatic rings. The van der Waals surface area contributed by atoms with Gasteiger partial charge in [-0.25, -0.2) is 9.97 Å². The Hall–Kier alpha value is -0.260. The van der Waals surface area contributed by atoms with Gasteiger partial charge >= 0.3 is 0 Å². The van der Waals surface area contributed by atoms with Gasteiger partial charge in [-0.2, -0.15) is 11.8 Å². The smallest absolute Gasteiger partial charge is 0.142 e. The van der Waals surface area contributed by atoms with Crippen LogP contribution in [0.15, 0.2) is 12.4 Å². The Morgan fingerprint density at radius 1 is 1.20 bits per heavy atom. The Morgan fingerprint density at radius 2 is 1.85 bits per heavy atom. The molecule has 0 amide bonds. The van der Waals surface area contributed by atoms with E-state index in [4.69, 9.17) is 0 Å². The lowest BCUT2D eigenvalue weighted by molar-refractivity contribution is 0.423. The highest BCUT2D eigenvalue weighted by molar-refractivity contribution is 8.07. The van der Waals surface area contributed by atoms with Gasteiger partial charge in [-0.15, -0.1) is 11.8 Å². The average molecular weight is 312 g/mol. The highest BCUT2D eigenvalue weighted by atomic mass is 32.2. The maximum Gasteiger partial charge on any atom is 0.142 e. The van der Waals surface area contributed by atoms with Crippen LogP contribution in [0.5, 0.6) is 0 Å². The van der Waals surface area contributed by atoms with Crippen molar-refractivity contribution in [2.24, 2.45) is 0 Å². The summed E-state index contributed by atoms with van der Waals surface area (Å²) in [6.07, 6.45) is 3.93. The summed E-state index contributed by atoms with van der Waals surface area (Å²) in [6, 6.07) is 0. The van der Waals surface area contributed by atoms with E-state index in [2.05, 4.69) is 49.9 Å². The maximum atomic E-state index is 4.58. The molecule has 1 aromatic heterocycles. The van der Waals surface area contributed by atoms with Crippen LogP contribution in [0.4, 0.5) is 0 Å². The first-order chi connectivity index (χ1) is 9.35. The first kappa shape index (κ1) is 16.1. The van der Waals surface area contributed by atoms with Crippen molar-refractivity contribution in [1.29, 1.82) is 0 Å². The summed E-state index contributed by atoms with van der Waals surface area (Å²) < 4.78 is 0. The van der Waals surface area contributed by atoms with Crippen LogP contribution in [0.25, 0.3) is 0 Å². The molecule has 0 radical (unpaired) electrons. The van der Waals surface area contributed by atoms with Crippen molar-refractivity contribution in [3.8, 4) is 0 Å². The first-order valence-electron chi connectivity index (χ1n) is 7.18. The van der Waals surface area contributed by atoms with Crippen LogP contribution < -0.4 is 5.32 Å². The predicted octanol–water partition coefficient (Wildman–Crippen LogP) is 3.66. The van der Waals surface area contributed by atoms with Gasteiger partial charge in [0, 0.05) is 46.3 Å². The molecule has 0 spiro atoms. The monoisotopic (exact) mass is 311 g/mol. The maximum absolute atomic E-state index is 4.58. The molecule has 3 nitrogen and oxygen atoms in total. The van der Waals surface area contributed by atoms with Crippen LogP contribution in [0, 0.1) is 0 Å². The molecule has 0 bridgehead atoms. The highest BCUT2D eigenvalue weighted by Crippen LogP contribution is 2.42. The van der Waals surface area contributed by atoms with Gasteiger partial charge in [0.25, 0.3) is 0 Å². The van der Waals surface area contributed by atoms with E-state index < -0.39 is 0 Å². The van der Waals surface area contributed by atoms with E-state index in [-0.39, 0.29) is 5.54 Å². The van der Waals surface area contributed by atoms with E-state index in [0.29, 0.717) is 10.5 Å². The second-order valence-electron chi connectivity index (χ2n) is 6.42. The number of aromatic nitrogens is 2. The Labute approximate surface area is 131 Å². The zero-order chi connectivity index (χ0) is 14.8. The number of rotatable bonds is 3. The second kappa shape index (κ2) is 6.67. The normalized spacial score (nSPS) is 27.6. The summed E-state index contributed by atoms with van der Waals surface area (Å²) in [4.78, 5) is 9.15. The SMILES string of the molecule is CC1SCC(c2ncc(CNC(C)(C)C)cn2)SC1C. The van der Waals surface area contributed by atoms with Gasteiger partial charge < -0.3 is 5.32 Å². The Kier molecular flexibility index (Phi) is 5.37. The molecule has 5 heteroatoms. The molecule has 1 N–H and O–H groups in total. The van der Waals surface area contributed by atoms with E-state index in [1.807, 2.05) is 35.9 Å². The van der Waals surface area contributed by atoms with Crippen LogP contribution in [0.3, 0.4) is 0 Å². The number of hydrogen-bond acceptors (Lipinski definition) is 5. The van der Waals surface area contributed by atoms with Gasteiger partial charge in [-0.1, -0.05) is 13.8 Å². The van der Waals surface area contributed by atoms with Gasteiger partial charge in [0.05, 0.1) is 5.25 Å². The van der Waals surface area contributed by atoms with E-state index in [1.165, 1.54) is 0 Å². The van der Waals surface area contributed by atoms with Crippen LogP contribution in [0.2, 0.25) is 0 Å². The van der Waals surface area contributed by atoms with E-state index in [1.54, 1.807) is 0 Å². The molecule has 0 aliphatic carbocycles. The van der Waals surface area contributed by atoms with Crippen LogP contribution >= 0.6 is 23.5 Å². The molecule has 112 valence electrons. The van der Waals surface area contributed by atoms with Crippen molar-refractivity contribution in [3.63, 3.8) is 0 Å². The molecule has 2 heterocycles. The van der Waals surface area contributed by atoms with Crippen molar-refractivity contribution < 1.29 is 0 Å². The number of thioether (sulfide) groups is 2. The topological polar surface area (TPSA) is 37.8 Å². The minimum atomic E-state index is 0.125. The third kappa shape index (κ3) is 4.64. The van der Waals surface area contributed by atoms with Gasteiger partial charge in [-0.05, 0) is 20.8 Å². The van der Waals surface area contributed by atoms with E-state index in [9.17, 15) is 0 Å². The highest BCUT2D eigenvalue weighted by Gasteiger charge is 2.28. The molecule has 3 atom stereocenters. The summed E-state index contributed by atoms with van der Waals surface area (Å²) in [5.41, 5.74) is 1.28. The minimum absolute atomic E-state index is 0.125. The lowest BCUT2D eigenvalue weighted by Gasteiger charge is -2.30. The third-order valence-electron chi connectivity index (χ3n) is 3.39. The lowest BCUT2D eigenvalue weighted by atomic mass is 10.1. The van der Waals surface area contributed by atoms with Crippen molar-refractivity contribution in [2.75, 3.05) is 5.75 Å². The van der Waals surface area contributed by atoms with Crippen LogP contribution in [-0.4, -0.2) is 31.8 Å². The predicted molar refractivity (Wildman–Crippen MR) is 90.3 cm³/mol. The number of nitrogens with one attached hydrogen (secondary N) is 1. The summed E-state index contributed by atoms with van der Waals surface area (Å²) in [5.74, 6) is 2.11. The first-order valence-corrected chi connectivity index (χ1v) is 9.17. The van der Waals surface area contributed by atoms with Gasteiger partial charge in [0.2, 0.25) is 0 Å². The fraction of sp³-hybridized carbons (Fsp3) is 0.733. The number of hydrogen-bond donors (Lipinski definition) is 1. The molecular formula is C15H25N3S2. The van der Waals surface area contributed by atoms with Crippen molar-refractivity contribution in [3.05, 3.63) is 23.8 Å². The largest absolute Gasteiger partial charge is 0.308 e. The lowest BCUT2D eigenvalue weighted by Crippen LogP contribution is -2.35. The molecule has 3 unspecified atom stereocenters. The third-order valence-corrected chi connectivity index (χ3v) is 6.77. The summed E-state index contributed by atoms with van der Waals surface area (Å²) >= 11 is 4.04. The molecule has 1 aliphatic rings. The quantitative estimate of drug-likeness (QED) is 0.922. The zero-order valence-electron chi connectivity index (χ0n) is 13.0. The molecule has 1 saturated heterocycles. The minimum Gasteiger partial charge on any atom is -0.308 e. The Bertz CT molecular complexity index is 428. The van der Waals surface area contributed by atoms with Crippen LogP contribution in [-0.2, 0) is 6.54 Å². The molecule has 20 heavy (non-hydrogen) atoms. The standard InChI is InChI=1S/C15H25N3S2/c1-10-11(2)20-13(9-19-10)14-16-6-12(7-17-14)8-18-15(3,4)5/h6-7,10-11,13,18H,8-9H2,1-5H3. The van der Waals surface area contributed by atoms with Gasteiger partial charge in [0.1, 0.15) is 5.82 Å². The molecule has 1 aliphatic heterocycles. The Balaban J connectivity index is 1.94. The summed E-state index contributed by atoms with van der Waals surface area (Å²) in [7, 11) is 0. The molecular weight excluding hydrogens is 286 g/mol. The summed E-state index contributed by atoms with van der Waals surface area (Å²) in [6.45, 7) is 11.9. The van der Waals surface area contributed by atoms with Crippen molar-refractivity contribution in [1.82, 2.24) is 15.3 Å². The molecule has 0 aromatic carbocycles. The van der Waals surface area contributed by atoms with Gasteiger partial charge in [-0.3, -0.25) is 0 Å². The van der Waals surface area contributed by atoms with E-state index in [0.717, 1.165) is 28.9 Å². The van der Waals surface area contributed by atoms with Crippen LogP contribution in [0.1, 0.15) is 51.3 Å².